The minimum absolute atomic E-state index is 0.168. The smallest absolute Gasteiger partial charge is 0.408 e. The lowest BCUT2D eigenvalue weighted by Crippen LogP contribution is -2.67. The van der Waals surface area contributed by atoms with Crippen LogP contribution in [0.5, 0.6) is 0 Å². The normalized spacial score (nSPS) is 14.0. The molecule has 0 fully saturated rings. The number of hydrogen-bond donors (Lipinski definition) is 2. The highest BCUT2D eigenvalue weighted by Gasteiger charge is 2.51. The van der Waals surface area contributed by atoms with E-state index in [-0.39, 0.29) is 17.0 Å². The van der Waals surface area contributed by atoms with Crippen LogP contribution in [-0.4, -0.2) is 38.1 Å². The van der Waals surface area contributed by atoms with Gasteiger partial charge in [-0.15, -0.1) is 11.8 Å². The monoisotopic (exact) mass is 590 g/mol. The van der Waals surface area contributed by atoms with Gasteiger partial charge in [-0.2, -0.15) is 0 Å². The molecule has 6 nitrogen and oxygen atoms in total. The van der Waals surface area contributed by atoms with E-state index in [0.29, 0.717) is 12.8 Å². The molecular formula is C35H50N2O4Si. The number of carbonyl (C=O) groups is 2. The van der Waals surface area contributed by atoms with Crippen molar-refractivity contribution in [3.63, 3.8) is 0 Å². The van der Waals surface area contributed by atoms with Crippen molar-refractivity contribution < 1.29 is 18.8 Å². The predicted octanol–water partition coefficient (Wildman–Crippen LogP) is 6.30. The summed E-state index contributed by atoms with van der Waals surface area (Å²) in [4.78, 5) is 25.6. The number of carbonyl (C=O) groups excluding carboxylic acids is 2. The van der Waals surface area contributed by atoms with Crippen LogP contribution in [-0.2, 0) is 14.0 Å². The van der Waals surface area contributed by atoms with E-state index < -0.39 is 31.5 Å². The molecule has 2 rings (SSSR count). The van der Waals surface area contributed by atoms with Crippen LogP contribution >= 0.6 is 0 Å². The molecule has 2 N–H and O–H groups in total. The first-order chi connectivity index (χ1) is 19.5. The summed E-state index contributed by atoms with van der Waals surface area (Å²) < 4.78 is 12.7. The van der Waals surface area contributed by atoms with E-state index in [0.717, 1.165) is 0 Å². The average molecular weight is 591 g/mol. The van der Waals surface area contributed by atoms with Crippen molar-refractivity contribution in [3.8, 4) is 11.8 Å². The summed E-state index contributed by atoms with van der Waals surface area (Å²) in [6.45, 7) is 19.6. The van der Waals surface area contributed by atoms with Crippen LogP contribution in [0.25, 0.3) is 0 Å². The average Bonchev–Trinajstić information content (AvgIpc) is 2.89. The number of alkyl carbamates (subject to hydrolysis) is 1. The van der Waals surface area contributed by atoms with Crippen molar-refractivity contribution >= 4 is 30.7 Å². The lowest BCUT2D eigenvalue weighted by molar-refractivity contribution is -0.124. The molecular weight excluding hydrogens is 540 g/mol. The van der Waals surface area contributed by atoms with Crippen LogP contribution in [0.15, 0.2) is 72.9 Å². The Hall–Kier alpha value is -3.34. The summed E-state index contributed by atoms with van der Waals surface area (Å²) in [6.07, 6.45) is 3.83. The Morgan fingerprint density at radius 3 is 1.83 bits per heavy atom. The molecule has 42 heavy (non-hydrogen) atoms. The zero-order chi connectivity index (χ0) is 31.6. The third-order valence-corrected chi connectivity index (χ3v) is 11.9. The lowest BCUT2D eigenvalue weighted by Gasteiger charge is -2.45. The Balaban J connectivity index is 2.33. The number of amides is 2. The summed E-state index contributed by atoms with van der Waals surface area (Å²) in [5.41, 5.74) is -1.19. The number of nitrogens with one attached hydrogen (secondary N) is 2. The molecule has 0 radical (unpaired) electrons. The molecule has 0 aliphatic rings. The molecule has 0 saturated carbocycles. The molecule has 0 unspecified atom stereocenters. The minimum atomic E-state index is -2.78. The maximum absolute atomic E-state index is 13.2. The van der Waals surface area contributed by atoms with Gasteiger partial charge in [-0.3, -0.25) is 4.79 Å². The first-order valence-corrected chi connectivity index (χ1v) is 16.6. The van der Waals surface area contributed by atoms with Crippen molar-refractivity contribution in [2.24, 2.45) is 5.41 Å². The first-order valence-electron chi connectivity index (χ1n) is 14.6. The van der Waals surface area contributed by atoms with Gasteiger partial charge in [-0.1, -0.05) is 108 Å². The topological polar surface area (TPSA) is 76.7 Å². The van der Waals surface area contributed by atoms with Crippen LogP contribution in [0.3, 0.4) is 0 Å². The number of hydrogen-bond acceptors (Lipinski definition) is 4. The Kier molecular flexibility index (Phi) is 12.2. The summed E-state index contributed by atoms with van der Waals surface area (Å²) in [6, 6.07) is 20.3. The minimum Gasteiger partial charge on any atom is -0.444 e. The predicted molar refractivity (Wildman–Crippen MR) is 175 cm³/mol. The quantitative estimate of drug-likeness (QED) is 0.251. The van der Waals surface area contributed by atoms with Gasteiger partial charge in [-0.25, -0.2) is 4.79 Å². The molecule has 2 aromatic carbocycles. The molecule has 0 aromatic heterocycles. The molecule has 7 heteroatoms. The second kappa shape index (κ2) is 14.7. The zero-order valence-corrected chi connectivity index (χ0v) is 28.1. The molecule has 228 valence electrons. The largest absolute Gasteiger partial charge is 0.444 e. The van der Waals surface area contributed by atoms with Gasteiger partial charge < -0.3 is 19.8 Å². The fourth-order valence-electron chi connectivity index (χ4n) is 4.88. The van der Waals surface area contributed by atoms with E-state index in [1.165, 1.54) is 10.4 Å². The third kappa shape index (κ3) is 9.89. The SMILES string of the molecule is CC#CC[C@@H](C/C=C\NC(=O)[C@@H](NC(=O)OC(C)(C)C)C(C)(C)C)O[Si](c1ccccc1)(c1ccccc1)C(C)(C)C. The summed E-state index contributed by atoms with van der Waals surface area (Å²) in [7, 11) is -2.78. The van der Waals surface area contributed by atoms with Gasteiger partial charge >= 0.3 is 6.09 Å². The maximum Gasteiger partial charge on any atom is 0.408 e. The second-order valence-electron chi connectivity index (χ2n) is 13.6. The van der Waals surface area contributed by atoms with Crippen LogP contribution in [0.2, 0.25) is 5.04 Å². The van der Waals surface area contributed by atoms with Crippen LogP contribution in [0.4, 0.5) is 4.79 Å². The van der Waals surface area contributed by atoms with E-state index in [2.05, 4.69) is 91.8 Å². The van der Waals surface area contributed by atoms with Crippen LogP contribution < -0.4 is 21.0 Å². The van der Waals surface area contributed by atoms with Gasteiger partial charge in [0.15, 0.2) is 0 Å². The standard InChI is InChI=1S/C35H50N2O4Si/c1-11-12-20-27(21-19-26-36-31(38)30(33(2,3)4)37-32(39)40-34(5,6)7)41-42(35(8,9)10,28-22-15-13-16-23-28)29-24-17-14-18-25-29/h13-19,22-27,30H,20-21H2,1-10H3,(H,36,38)(H,37,39)/b26-19-/t27-,30+/m0/s1. The van der Waals surface area contributed by atoms with Gasteiger partial charge in [0.25, 0.3) is 8.32 Å². The fraction of sp³-hybridized carbons (Fsp3) is 0.486. The van der Waals surface area contributed by atoms with E-state index >= 15 is 0 Å². The third-order valence-electron chi connectivity index (χ3n) is 6.80. The summed E-state index contributed by atoms with van der Waals surface area (Å²) >= 11 is 0. The molecule has 0 bridgehead atoms. The number of ether oxygens (including phenoxy) is 1. The Morgan fingerprint density at radius 1 is 0.881 bits per heavy atom. The molecule has 2 aromatic rings. The Labute approximate surface area is 254 Å². The van der Waals surface area contributed by atoms with Gasteiger partial charge in [0.2, 0.25) is 5.91 Å². The Morgan fingerprint density at radius 2 is 1.40 bits per heavy atom. The molecule has 2 atom stereocenters. The van der Waals surface area contributed by atoms with E-state index in [1.54, 1.807) is 27.0 Å². The van der Waals surface area contributed by atoms with Crippen molar-refractivity contribution in [1.29, 1.82) is 0 Å². The lowest BCUT2D eigenvalue weighted by atomic mass is 9.86. The first kappa shape index (κ1) is 34.9. The summed E-state index contributed by atoms with van der Waals surface area (Å²) in [5.74, 6) is 5.92. The molecule has 0 saturated heterocycles. The highest BCUT2D eigenvalue weighted by molar-refractivity contribution is 6.99. The fourth-order valence-corrected chi connectivity index (χ4v) is 9.57. The van der Waals surface area contributed by atoms with Crippen molar-refractivity contribution in [3.05, 3.63) is 72.9 Å². The number of benzene rings is 2. The van der Waals surface area contributed by atoms with E-state index in [4.69, 9.17) is 9.16 Å². The Bertz CT molecular complexity index is 1200. The van der Waals surface area contributed by atoms with Gasteiger partial charge in [0.05, 0.1) is 6.10 Å². The second-order valence-corrected chi connectivity index (χ2v) is 17.9. The van der Waals surface area contributed by atoms with E-state index in [1.807, 2.05) is 45.9 Å². The molecule has 2 amide bonds. The van der Waals surface area contributed by atoms with Gasteiger partial charge in [0, 0.05) is 6.42 Å². The maximum atomic E-state index is 13.2. The molecule has 0 aliphatic heterocycles. The molecule has 0 aliphatic carbocycles. The van der Waals surface area contributed by atoms with Crippen LogP contribution in [0.1, 0.15) is 82.1 Å². The number of rotatable bonds is 10. The highest BCUT2D eigenvalue weighted by atomic mass is 28.4. The molecule has 0 heterocycles. The van der Waals surface area contributed by atoms with Crippen molar-refractivity contribution in [2.45, 2.75) is 105 Å². The van der Waals surface area contributed by atoms with Gasteiger partial charge in [-0.05, 0) is 61.1 Å². The van der Waals surface area contributed by atoms with Crippen molar-refractivity contribution in [1.82, 2.24) is 10.6 Å². The van der Waals surface area contributed by atoms with Crippen LogP contribution in [0, 0.1) is 17.3 Å². The molecule has 0 spiro atoms. The summed E-state index contributed by atoms with van der Waals surface area (Å²) in [5, 5.41) is 7.83. The highest BCUT2D eigenvalue weighted by Crippen LogP contribution is 2.38. The van der Waals surface area contributed by atoms with Gasteiger partial charge in [0.1, 0.15) is 11.6 Å². The zero-order valence-electron chi connectivity index (χ0n) is 27.1. The van der Waals surface area contributed by atoms with E-state index in [9.17, 15) is 9.59 Å². The van der Waals surface area contributed by atoms with Crippen molar-refractivity contribution in [2.75, 3.05) is 0 Å².